The molecular weight excluding hydrogens is 224 g/mol. The van der Waals surface area contributed by atoms with E-state index in [2.05, 4.69) is 34.1 Å². The third-order valence-electron chi connectivity index (χ3n) is 3.42. The van der Waals surface area contributed by atoms with Crippen molar-refractivity contribution in [1.82, 2.24) is 0 Å². The van der Waals surface area contributed by atoms with Crippen LogP contribution in [0.4, 0.5) is 0 Å². The predicted octanol–water partition coefficient (Wildman–Crippen LogP) is 3.89. The maximum Gasteiger partial charge on any atom is 0.0178 e. The third-order valence-corrected chi connectivity index (χ3v) is 3.91. The molecule has 1 aromatic carbocycles. The lowest BCUT2D eigenvalue weighted by molar-refractivity contribution is 0.600. The number of aryl methyl sites for hydroxylation is 1. The first-order chi connectivity index (χ1) is 6.34. The van der Waals surface area contributed by atoms with Gasteiger partial charge in [0.2, 0.25) is 0 Å². The van der Waals surface area contributed by atoms with Crippen LogP contribution < -0.4 is 0 Å². The topological polar surface area (TPSA) is 0 Å². The van der Waals surface area contributed by atoms with Gasteiger partial charge in [-0.15, -0.1) is 0 Å². The molecule has 0 aromatic heterocycles. The van der Waals surface area contributed by atoms with Gasteiger partial charge in [0.15, 0.2) is 0 Å². The minimum atomic E-state index is 0.906. The maximum absolute atomic E-state index is 3.54. The Kier molecular flexibility index (Phi) is 1.76. The third kappa shape index (κ3) is 1.34. The molecule has 0 saturated heterocycles. The van der Waals surface area contributed by atoms with Gasteiger partial charge in [0, 0.05) is 4.47 Å². The van der Waals surface area contributed by atoms with Crippen LogP contribution in [0.25, 0.3) is 0 Å². The highest BCUT2D eigenvalue weighted by atomic mass is 79.9. The summed E-state index contributed by atoms with van der Waals surface area (Å²) >= 11 is 3.54. The van der Waals surface area contributed by atoms with E-state index in [9.17, 15) is 0 Å². The molecule has 0 amide bonds. The molecule has 0 radical (unpaired) electrons. The molecule has 13 heavy (non-hydrogen) atoms. The first kappa shape index (κ1) is 8.05. The van der Waals surface area contributed by atoms with E-state index in [0.29, 0.717) is 0 Å². The Morgan fingerprint density at radius 3 is 2.77 bits per heavy atom. The highest BCUT2D eigenvalue weighted by molar-refractivity contribution is 9.10. The smallest absolute Gasteiger partial charge is 0.0178 e. The van der Waals surface area contributed by atoms with E-state index in [1.165, 1.54) is 30.2 Å². The van der Waals surface area contributed by atoms with E-state index in [-0.39, 0.29) is 0 Å². The van der Waals surface area contributed by atoms with Gasteiger partial charge in [-0.2, -0.15) is 0 Å². The van der Waals surface area contributed by atoms with Crippen LogP contribution >= 0.6 is 15.9 Å². The standard InChI is InChI=1S/C12H13Br/c13-10-4-6-12-9(7-10)3-5-11(12)8-1-2-8/h4,6-8,11H,1-3,5H2. The van der Waals surface area contributed by atoms with E-state index >= 15 is 0 Å². The molecule has 0 nitrogen and oxygen atoms in total. The van der Waals surface area contributed by atoms with Gasteiger partial charge >= 0.3 is 0 Å². The van der Waals surface area contributed by atoms with Gasteiger partial charge in [0.1, 0.15) is 0 Å². The van der Waals surface area contributed by atoms with Gasteiger partial charge in [-0.1, -0.05) is 22.0 Å². The van der Waals surface area contributed by atoms with Gasteiger partial charge in [-0.3, -0.25) is 0 Å². The largest absolute Gasteiger partial charge is 0.0574 e. The first-order valence-corrected chi connectivity index (χ1v) is 5.92. The Bertz CT molecular complexity index is 339. The Hall–Kier alpha value is -0.300. The molecule has 3 rings (SSSR count). The average Bonchev–Trinajstić information content (AvgIpc) is 2.87. The zero-order chi connectivity index (χ0) is 8.84. The molecule has 1 unspecified atom stereocenters. The monoisotopic (exact) mass is 236 g/mol. The van der Waals surface area contributed by atoms with Gasteiger partial charge in [0.25, 0.3) is 0 Å². The summed E-state index contributed by atoms with van der Waals surface area (Å²) in [6.07, 6.45) is 5.65. The van der Waals surface area contributed by atoms with E-state index < -0.39 is 0 Å². The number of halogens is 1. The van der Waals surface area contributed by atoms with Gasteiger partial charge in [0.05, 0.1) is 0 Å². The van der Waals surface area contributed by atoms with Crippen molar-refractivity contribution in [2.24, 2.45) is 5.92 Å². The van der Waals surface area contributed by atoms with Crippen LogP contribution in [0.2, 0.25) is 0 Å². The summed E-state index contributed by atoms with van der Waals surface area (Å²) in [4.78, 5) is 0. The molecule has 0 N–H and O–H groups in total. The van der Waals surface area contributed by atoms with Gasteiger partial charge < -0.3 is 0 Å². The average molecular weight is 237 g/mol. The van der Waals surface area contributed by atoms with Crippen LogP contribution in [0, 0.1) is 5.92 Å². The zero-order valence-corrected chi connectivity index (χ0v) is 9.18. The number of hydrogen-bond acceptors (Lipinski definition) is 0. The lowest BCUT2D eigenvalue weighted by Crippen LogP contribution is -1.94. The van der Waals surface area contributed by atoms with E-state index in [4.69, 9.17) is 0 Å². The highest BCUT2D eigenvalue weighted by Gasteiger charge is 2.35. The van der Waals surface area contributed by atoms with Crippen molar-refractivity contribution < 1.29 is 0 Å². The molecule has 1 aromatic rings. The van der Waals surface area contributed by atoms with Crippen molar-refractivity contribution >= 4 is 15.9 Å². The summed E-state index contributed by atoms with van der Waals surface area (Å²) in [5, 5.41) is 0. The number of hydrogen-bond donors (Lipinski definition) is 0. The quantitative estimate of drug-likeness (QED) is 0.695. The summed E-state index contributed by atoms with van der Waals surface area (Å²) in [7, 11) is 0. The van der Waals surface area contributed by atoms with Crippen LogP contribution in [-0.4, -0.2) is 0 Å². The van der Waals surface area contributed by atoms with Crippen LogP contribution in [-0.2, 0) is 6.42 Å². The predicted molar refractivity (Wildman–Crippen MR) is 57.9 cm³/mol. The first-order valence-electron chi connectivity index (χ1n) is 5.13. The normalized spacial score (nSPS) is 26.1. The minimum absolute atomic E-state index is 0.906. The Morgan fingerprint density at radius 1 is 1.15 bits per heavy atom. The van der Waals surface area contributed by atoms with Gasteiger partial charge in [-0.25, -0.2) is 0 Å². The van der Waals surface area contributed by atoms with Crippen LogP contribution in [0.1, 0.15) is 36.3 Å². The summed E-state index contributed by atoms with van der Waals surface area (Å²) in [5.74, 6) is 1.94. The second kappa shape index (κ2) is 2.84. The van der Waals surface area contributed by atoms with Crippen molar-refractivity contribution in [3.05, 3.63) is 33.8 Å². The van der Waals surface area contributed by atoms with Crippen molar-refractivity contribution in [1.29, 1.82) is 0 Å². The fourth-order valence-electron chi connectivity index (χ4n) is 2.61. The van der Waals surface area contributed by atoms with E-state index in [1.807, 2.05) is 0 Å². The second-order valence-electron chi connectivity index (χ2n) is 4.33. The molecule has 1 saturated carbocycles. The minimum Gasteiger partial charge on any atom is -0.0574 e. The molecule has 2 aliphatic carbocycles. The lowest BCUT2D eigenvalue weighted by atomic mass is 9.97. The molecular formula is C12H13Br. The summed E-state index contributed by atoms with van der Waals surface area (Å²) in [5.41, 5.74) is 3.23. The molecule has 2 aliphatic rings. The molecule has 1 heteroatoms. The fraction of sp³-hybridized carbons (Fsp3) is 0.500. The Balaban J connectivity index is 2.01. The SMILES string of the molecule is Brc1ccc2c(c1)CCC2C1CC1. The summed E-state index contributed by atoms with van der Waals surface area (Å²) in [6, 6.07) is 6.83. The van der Waals surface area contributed by atoms with Crippen molar-refractivity contribution in [3.8, 4) is 0 Å². The van der Waals surface area contributed by atoms with Crippen LogP contribution in [0.15, 0.2) is 22.7 Å². The van der Waals surface area contributed by atoms with Crippen LogP contribution in [0.5, 0.6) is 0 Å². The van der Waals surface area contributed by atoms with Crippen molar-refractivity contribution in [2.45, 2.75) is 31.6 Å². The molecule has 0 bridgehead atoms. The van der Waals surface area contributed by atoms with Crippen molar-refractivity contribution in [2.75, 3.05) is 0 Å². The summed E-state index contributed by atoms with van der Waals surface area (Å²) < 4.78 is 1.24. The van der Waals surface area contributed by atoms with E-state index in [0.717, 1.165) is 11.8 Å². The number of rotatable bonds is 1. The fourth-order valence-corrected chi connectivity index (χ4v) is 3.02. The second-order valence-corrected chi connectivity index (χ2v) is 5.24. The number of fused-ring (bicyclic) bond motifs is 1. The number of benzene rings is 1. The molecule has 68 valence electrons. The van der Waals surface area contributed by atoms with Gasteiger partial charge in [-0.05, 0) is 60.8 Å². The molecule has 0 spiro atoms. The van der Waals surface area contributed by atoms with Crippen molar-refractivity contribution in [3.63, 3.8) is 0 Å². The van der Waals surface area contributed by atoms with E-state index in [1.54, 1.807) is 11.1 Å². The molecule has 1 fully saturated rings. The molecule has 0 aliphatic heterocycles. The highest BCUT2D eigenvalue weighted by Crippen LogP contribution is 2.49. The molecule has 1 atom stereocenters. The Labute approximate surface area is 87.5 Å². The lowest BCUT2D eigenvalue weighted by Gasteiger charge is -2.09. The maximum atomic E-state index is 3.54. The summed E-state index contributed by atoms with van der Waals surface area (Å²) in [6.45, 7) is 0. The Morgan fingerprint density at radius 2 is 2.00 bits per heavy atom. The zero-order valence-electron chi connectivity index (χ0n) is 7.59. The van der Waals surface area contributed by atoms with Crippen LogP contribution in [0.3, 0.4) is 0 Å². The molecule has 0 heterocycles.